The fourth-order valence-corrected chi connectivity index (χ4v) is 3.68. The fraction of sp³-hybridized carbons (Fsp3) is 0.176. The van der Waals surface area contributed by atoms with Gasteiger partial charge in [0.1, 0.15) is 11.8 Å². The highest BCUT2D eigenvalue weighted by molar-refractivity contribution is 7.92. The number of hydrogen-bond acceptors (Lipinski definition) is 5. The van der Waals surface area contributed by atoms with Gasteiger partial charge in [0.05, 0.1) is 15.9 Å². The molecule has 1 aromatic heterocycles. The zero-order chi connectivity index (χ0) is 18.9. The van der Waals surface area contributed by atoms with Crippen LogP contribution in [0.2, 0.25) is 0 Å². The van der Waals surface area contributed by atoms with Gasteiger partial charge in [-0.1, -0.05) is 0 Å². The standard InChI is InChI=1S/C17H16N4O4S/c1-20-15-8-7-14(11-16(15)21(2)17(20)22)26(23,24)19-12-3-5-13(6-4-12)25-10-9-18/h3-8,11,19H,10H2,1-2H3. The number of aryl methyl sites for hydroxylation is 2. The van der Waals surface area contributed by atoms with Crippen molar-refractivity contribution >= 4 is 26.7 Å². The first-order chi connectivity index (χ1) is 12.3. The molecule has 2 aromatic carbocycles. The van der Waals surface area contributed by atoms with Crippen LogP contribution in [0.4, 0.5) is 5.69 Å². The minimum atomic E-state index is -3.82. The minimum Gasteiger partial charge on any atom is -0.479 e. The van der Waals surface area contributed by atoms with Gasteiger partial charge in [-0.05, 0) is 42.5 Å². The molecule has 0 aliphatic heterocycles. The number of benzene rings is 2. The monoisotopic (exact) mass is 372 g/mol. The lowest BCUT2D eigenvalue weighted by Crippen LogP contribution is -2.19. The fourth-order valence-electron chi connectivity index (χ4n) is 2.60. The van der Waals surface area contributed by atoms with Gasteiger partial charge in [-0.15, -0.1) is 0 Å². The van der Waals surface area contributed by atoms with Crippen LogP contribution in [0.3, 0.4) is 0 Å². The zero-order valence-electron chi connectivity index (χ0n) is 14.1. The van der Waals surface area contributed by atoms with Gasteiger partial charge >= 0.3 is 5.69 Å². The lowest BCUT2D eigenvalue weighted by atomic mass is 10.3. The van der Waals surface area contributed by atoms with Gasteiger partial charge in [0.15, 0.2) is 6.61 Å². The summed E-state index contributed by atoms with van der Waals surface area (Å²) in [5.41, 5.74) is 1.31. The molecule has 26 heavy (non-hydrogen) atoms. The summed E-state index contributed by atoms with van der Waals surface area (Å²) >= 11 is 0. The summed E-state index contributed by atoms with van der Waals surface area (Å²) in [5.74, 6) is 0.468. The van der Waals surface area contributed by atoms with E-state index in [1.807, 2.05) is 6.07 Å². The molecular formula is C17H16N4O4S. The van der Waals surface area contributed by atoms with Gasteiger partial charge in [0.2, 0.25) is 0 Å². The summed E-state index contributed by atoms with van der Waals surface area (Å²) in [6.07, 6.45) is 0. The summed E-state index contributed by atoms with van der Waals surface area (Å²) in [6.45, 7) is -0.0825. The van der Waals surface area contributed by atoms with Crippen molar-refractivity contribution in [3.05, 3.63) is 52.9 Å². The number of fused-ring (bicyclic) bond motifs is 1. The predicted molar refractivity (Wildman–Crippen MR) is 96.5 cm³/mol. The molecule has 9 heteroatoms. The summed E-state index contributed by atoms with van der Waals surface area (Å²) < 4.78 is 35.7. The van der Waals surface area contributed by atoms with Crippen LogP contribution in [0.25, 0.3) is 11.0 Å². The molecule has 0 amide bonds. The van der Waals surface area contributed by atoms with Gasteiger partial charge in [-0.3, -0.25) is 13.9 Å². The maximum atomic E-state index is 12.6. The summed E-state index contributed by atoms with van der Waals surface area (Å²) in [5, 5.41) is 8.49. The van der Waals surface area contributed by atoms with Crippen LogP contribution in [0.1, 0.15) is 0 Å². The van der Waals surface area contributed by atoms with Crippen LogP contribution in [0.5, 0.6) is 5.75 Å². The smallest absolute Gasteiger partial charge is 0.328 e. The van der Waals surface area contributed by atoms with E-state index in [0.29, 0.717) is 22.5 Å². The van der Waals surface area contributed by atoms with Gasteiger partial charge in [0, 0.05) is 19.8 Å². The second-order valence-electron chi connectivity index (χ2n) is 5.63. The lowest BCUT2D eigenvalue weighted by molar-refractivity contribution is 0.368. The molecule has 0 fully saturated rings. The Morgan fingerprint density at radius 2 is 1.73 bits per heavy atom. The Morgan fingerprint density at radius 3 is 2.38 bits per heavy atom. The predicted octanol–water partition coefficient (Wildman–Crippen LogP) is 1.58. The average molecular weight is 372 g/mol. The van der Waals surface area contributed by atoms with Gasteiger partial charge in [-0.2, -0.15) is 5.26 Å². The number of hydrogen-bond donors (Lipinski definition) is 1. The Labute approximate surface area is 149 Å². The van der Waals surface area contributed by atoms with Crippen LogP contribution in [0.15, 0.2) is 52.2 Å². The maximum absolute atomic E-state index is 12.6. The first-order valence-electron chi connectivity index (χ1n) is 7.61. The molecule has 0 aliphatic carbocycles. The summed E-state index contributed by atoms with van der Waals surface area (Å²) in [6, 6.07) is 12.6. The SMILES string of the molecule is Cn1c(=O)n(C)c2cc(S(=O)(=O)Nc3ccc(OCC#N)cc3)ccc21. The van der Waals surface area contributed by atoms with Gasteiger partial charge in [-0.25, -0.2) is 13.2 Å². The number of rotatable bonds is 5. The Balaban J connectivity index is 1.91. The van der Waals surface area contributed by atoms with Crippen molar-refractivity contribution in [1.82, 2.24) is 9.13 Å². The molecule has 0 bridgehead atoms. The largest absolute Gasteiger partial charge is 0.479 e. The number of anilines is 1. The lowest BCUT2D eigenvalue weighted by Gasteiger charge is -2.09. The summed E-state index contributed by atoms with van der Waals surface area (Å²) in [7, 11) is -0.599. The van der Waals surface area contributed by atoms with Gasteiger partial charge < -0.3 is 4.74 Å². The molecule has 0 atom stereocenters. The van der Waals surface area contributed by atoms with Crippen molar-refractivity contribution in [2.45, 2.75) is 4.90 Å². The summed E-state index contributed by atoms with van der Waals surface area (Å²) in [4.78, 5) is 12.0. The van der Waals surface area contributed by atoms with Crippen molar-refractivity contribution in [3.63, 3.8) is 0 Å². The van der Waals surface area contributed by atoms with Crippen molar-refractivity contribution in [2.24, 2.45) is 14.1 Å². The van der Waals surface area contributed by atoms with E-state index in [0.717, 1.165) is 0 Å². The highest BCUT2D eigenvalue weighted by Crippen LogP contribution is 2.22. The number of nitrogens with zero attached hydrogens (tertiary/aromatic N) is 3. The molecule has 0 unspecified atom stereocenters. The van der Waals surface area contributed by atoms with E-state index in [1.54, 1.807) is 44.4 Å². The molecule has 0 aliphatic rings. The highest BCUT2D eigenvalue weighted by Gasteiger charge is 2.17. The number of imidazole rings is 1. The molecule has 0 saturated carbocycles. The van der Waals surface area contributed by atoms with Crippen LogP contribution in [0, 0.1) is 11.3 Å². The number of aromatic nitrogens is 2. The van der Waals surface area contributed by atoms with Crippen molar-refractivity contribution in [3.8, 4) is 11.8 Å². The minimum absolute atomic E-state index is 0.0519. The van der Waals surface area contributed by atoms with E-state index >= 15 is 0 Å². The molecule has 1 heterocycles. The van der Waals surface area contributed by atoms with Crippen molar-refractivity contribution in [1.29, 1.82) is 5.26 Å². The molecule has 0 spiro atoms. The first-order valence-corrected chi connectivity index (χ1v) is 9.10. The van der Waals surface area contributed by atoms with E-state index in [1.165, 1.54) is 21.3 Å². The molecule has 0 saturated heterocycles. The van der Waals surface area contributed by atoms with E-state index in [2.05, 4.69) is 4.72 Å². The van der Waals surface area contributed by atoms with Crippen molar-refractivity contribution in [2.75, 3.05) is 11.3 Å². The van der Waals surface area contributed by atoms with Crippen LogP contribution < -0.4 is 15.1 Å². The Hall–Kier alpha value is -3.25. The quantitative estimate of drug-likeness (QED) is 0.732. The van der Waals surface area contributed by atoms with Crippen molar-refractivity contribution < 1.29 is 13.2 Å². The molecule has 3 aromatic rings. The van der Waals surface area contributed by atoms with Crippen LogP contribution in [-0.4, -0.2) is 24.2 Å². The van der Waals surface area contributed by atoms with E-state index < -0.39 is 10.0 Å². The second-order valence-corrected chi connectivity index (χ2v) is 7.31. The molecule has 0 radical (unpaired) electrons. The average Bonchev–Trinajstić information content (AvgIpc) is 2.85. The van der Waals surface area contributed by atoms with Gasteiger partial charge in [0.25, 0.3) is 10.0 Å². The second kappa shape index (κ2) is 6.57. The third kappa shape index (κ3) is 3.14. The molecule has 8 nitrogen and oxygen atoms in total. The Bertz CT molecular complexity index is 1170. The molecular weight excluding hydrogens is 356 g/mol. The highest BCUT2D eigenvalue weighted by atomic mass is 32.2. The topological polar surface area (TPSA) is 106 Å². The maximum Gasteiger partial charge on any atom is 0.328 e. The van der Waals surface area contributed by atoms with E-state index in [4.69, 9.17) is 10.00 Å². The first kappa shape index (κ1) is 17.6. The van der Waals surface area contributed by atoms with Crippen LogP contribution in [-0.2, 0) is 24.1 Å². The molecule has 1 N–H and O–H groups in total. The van der Waals surface area contributed by atoms with E-state index in [9.17, 15) is 13.2 Å². The third-order valence-corrected chi connectivity index (χ3v) is 5.34. The van der Waals surface area contributed by atoms with Crippen LogP contribution >= 0.6 is 0 Å². The Kier molecular flexibility index (Phi) is 4.44. The molecule has 3 rings (SSSR count). The number of nitrogens with one attached hydrogen (secondary N) is 1. The molecule has 134 valence electrons. The third-order valence-electron chi connectivity index (χ3n) is 3.96. The number of nitriles is 1. The van der Waals surface area contributed by atoms with E-state index in [-0.39, 0.29) is 17.2 Å². The normalized spacial score (nSPS) is 11.3. The Morgan fingerprint density at radius 1 is 1.08 bits per heavy atom. The number of ether oxygens (including phenoxy) is 1. The zero-order valence-corrected chi connectivity index (χ0v) is 14.9. The number of sulfonamides is 1.